The molecule has 0 bridgehead atoms. The molecular weight excluding hydrogens is 174 g/mol. The van der Waals surface area contributed by atoms with Crippen molar-refractivity contribution in [2.75, 3.05) is 13.6 Å². The Hall–Kier alpha value is -0.370. The van der Waals surface area contributed by atoms with Crippen LogP contribution in [-0.4, -0.2) is 29.8 Å². The van der Waals surface area contributed by atoms with E-state index in [-0.39, 0.29) is 5.54 Å². The van der Waals surface area contributed by atoms with Crippen molar-refractivity contribution < 1.29 is 4.79 Å². The third-order valence-electron chi connectivity index (χ3n) is 4.43. The smallest absolute Gasteiger partial charge is 0.154 e. The lowest BCUT2D eigenvalue weighted by Crippen LogP contribution is -2.50. The minimum absolute atomic E-state index is 0.125. The van der Waals surface area contributed by atoms with E-state index in [9.17, 15) is 4.79 Å². The lowest BCUT2D eigenvalue weighted by atomic mass is 9.74. The van der Waals surface area contributed by atoms with Crippen LogP contribution in [0.4, 0.5) is 0 Å². The second-order valence-corrected chi connectivity index (χ2v) is 5.08. The van der Waals surface area contributed by atoms with E-state index in [4.69, 9.17) is 0 Å². The molecule has 0 aromatic heterocycles. The molecule has 1 aliphatic carbocycles. The minimum atomic E-state index is -0.125. The summed E-state index contributed by atoms with van der Waals surface area (Å²) in [6.07, 6.45) is 7.29. The van der Waals surface area contributed by atoms with E-state index in [1.54, 1.807) is 0 Å². The maximum atomic E-state index is 12.0. The minimum Gasteiger partial charge on any atom is -0.298 e. The Morgan fingerprint density at radius 1 is 1.29 bits per heavy atom. The number of ketones is 1. The van der Waals surface area contributed by atoms with Crippen molar-refractivity contribution >= 4 is 5.78 Å². The zero-order valence-electron chi connectivity index (χ0n) is 9.38. The largest absolute Gasteiger partial charge is 0.298 e. The fourth-order valence-electron chi connectivity index (χ4n) is 3.17. The number of Topliss-reactive ketones (excluding diaryl/α,β-unsaturated/α-hetero) is 1. The van der Waals surface area contributed by atoms with Crippen LogP contribution in [-0.2, 0) is 4.79 Å². The Labute approximate surface area is 86.7 Å². The van der Waals surface area contributed by atoms with Gasteiger partial charge in [0.25, 0.3) is 0 Å². The van der Waals surface area contributed by atoms with Gasteiger partial charge in [0.05, 0.1) is 5.54 Å². The molecule has 0 aromatic carbocycles. The fourth-order valence-corrected chi connectivity index (χ4v) is 3.17. The molecule has 2 heteroatoms. The average Bonchev–Trinajstić information content (AvgIpc) is 2.49. The summed E-state index contributed by atoms with van der Waals surface area (Å²) in [6.45, 7) is 3.13. The number of likely N-dealkylation sites (N-methyl/N-ethyl adjacent to an activating group) is 1. The summed E-state index contributed by atoms with van der Waals surface area (Å²) in [5.74, 6) is 1.10. The van der Waals surface area contributed by atoms with Gasteiger partial charge in [-0.2, -0.15) is 0 Å². The highest BCUT2D eigenvalue weighted by molar-refractivity contribution is 5.90. The third-order valence-corrected chi connectivity index (χ3v) is 4.43. The van der Waals surface area contributed by atoms with Gasteiger partial charge in [0.2, 0.25) is 0 Å². The highest BCUT2D eigenvalue weighted by Crippen LogP contribution is 2.39. The number of hydrogen-bond acceptors (Lipinski definition) is 2. The SMILES string of the molecule is CN1CCC(=O)C1(C)C1CCCCC1. The van der Waals surface area contributed by atoms with Crippen LogP contribution in [0.5, 0.6) is 0 Å². The molecule has 1 heterocycles. The van der Waals surface area contributed by atoms with Crippen LogP contribution in [0.15, 0.2) is 0 Å². The van der Waals surface area contributed by atoms with E-state index >= 15 is 0 Å². The Morgan fingerprint density at radius 3 is 2.43 bits per heavy atom. The molecule has 2 nitrogen and oxygen atoms in total. The Bertz CT molecular complexity index is 232. The monoisotopic (exact) mass is 195 g/mol. The number of hydrogen-bond donors (Lipinski definition) is 0. The van der Waals surface area contributed by atoms with E-state index in [0.717, 1.165) is 13.0 Å². The number of carbonyl (C=O) groups is 1. The second kappa shape index (κ2) is 3.65. The van der Waals surface area contributed by atoms with E-state index in [1.807, 2.05) is 0 Å². The van der Waals surface area contributed by atoms with Crippen molar-refractivity contribution in [2.24, 2.45) is 5.92 Å². The molecule has 1 unspecified atom stereocenters. The number of likely N-dealkylation sites (tertiary alicyclic amines) is 1. The number of rotatable bonds is 1. The molecule has 1 aliphatic heterocycles. The molecule has 0 spiro atoms. The van der Waals surface area contributed by atoms with Gasteiger partial charge in [-0.1, -0.05) is 19.3 Å². The summed E-state index contributed by atoms with van der Waals surface area (Å²) in [4.78, 5) is 14.2. The summed E-state index contributed by atoms with van der Waals surface area (Å²) >= 11 is 0. The summed E-state index contributed by atoms with van der Waals surface area (Å²) in [5.41, 5.74) is -0.125. The molecule has 0 amide bonds. The second-order valence-electron chi connectivity index (χ2n) is 5.08. The van der Waals surface area contributed by atoms with Gasteiger partial charge in [-0.25, -0.2) is 0 Å². The first-order chi connectivity index (χ1) is 6.65. The lowest BCUT2D eigenvalue weighted by Gasteiger charge is -2.40. The van der Waals surface area contributed by atoms with Crippen molar-refractivity contribution in [1.29, 1.82) is 0 Å². The molecule has 1 atom stereocenters. The first-order valence-corrected chi connectivity index (χ1v) is 5.90. The van der Waals surface area contributed by atoms with Crippen molar-refractivity contribution in [1.82, 2.24) is 4.90 Å². The topological polar surface area (TPSA) is 20.3 Å². The van der Waals surface area contributed by atoms with E-state index in [0.29, 0.717) is 11.7 Å². The van der Waals surface area contributed by atoms with Gasteiger partial charge in [0, 0.05) is 13.0 Å². The first kappa shape index (κ1) is 10.2. The van der Waals surface area contributed by atoms with Crippen LogP contribution in [0.2, 0.25) is 0 Å². The quantitative estimate of drug-likeness (QED) is 0.639. The van der Waals surface area contributed by atoms with Crippen molar-refractivity contribution in [2.45, 2.75) is 51.0 Å². The average molecular weight is 195 g/mol. The highest BCUT2D eigenvalue weighted by Gasteiger charge is 2.47. The van der Waals surface area contributed by atoms with Crippen molar-refractivity contribution in [3.8, 4) is 0 Å². The zero-order chi connectivity index (χ0) is 10.2. The van der Waals surface area contributed by atoms with Crippen molar-refractivity contribution in [3.63, 3.8) is 0 Å². The van der Waals surface area contributed by atoms with Gasteiger partial charge in [-0.3, -0.25) is 9.69 Å². The lowest BCUT2D eigenvalue weighted by molar-refractivity contribution is -0.127. The molecule has 2 rings (SSSR count). The van der Waals surface area contributed by atoms with Crippen LogP contribution in [0, 0.1) is 5.92 Å². The number of carbonyl (C=O) groups excluding carboxylic acids is 1. The molecule has 14 heavy (non-hydrogen) atoms. The third kappa shape index (κ3) is 1.40. The molecule has 0 aromatic rings. The maximum absolute atomic E-state index is 12.0. The summed E-state index contributed by atoms with van der Waals surface area (Å²) in [6, 6.07) is 0. The van der Waals surface area contributed by atoms with Crippen molar-refractivity contribution in [3.05, 3.63) is 0 Å². The van der Waals surface area contributed by atoms with Gasteiger partial charge in [0.15, 0.2) is 5.78 Å². The predicted octanol–water partition coefficient (Wildman–Crippen LogP) is 2.23. The summed E-state index contributed by atoms with van der Waals surface area (Å²) in [7, 11) is 2.11. The van der Waals surface area contributed by atoms with E-state index < -0.39 is 0 Å². The molecule has 2 aliphatic rings. The van der Waals surface area contributed by atoms with Crippen LogP contribution in [0.3, 0.4) is 0 Å². The fraction of sp³-hybridized carbons (Fsp3) is 0.917. The molecule has 80 valence electrons. The van der Waals surface area contributed by atoms with Gasteiger partial charge in [0.1, 0.15) is 0 Å². The summed E-state index contributed by atoms with van der Waals surface area (Å²) < 4.78 is 0. The normalized spacial score (nSPS) is 36.6. The van der Waals surface area contributed by atoms with Gasteiger partial charge < -0.3 is 0 Å². The van der Waals surface area contributed by atoms with Crippen LogP contribution >= 0.6 is 0 Å². The van der Waals surface area contributed by atoms with Gasteiger partial charge in [-0.15, -0.1) is 0 Å². The Morgan fingerprint density at radius 2 is 1.93 bits per heavy atom. The van der Waals surface area contributed by atoms with E-state index in [1.165, 1.54) is 32.1 Å². The zero-order valence-corrected chi connectivity index (χ0v) is 9.38. The van der Waals surface area contributed by atoms with Gasteiger partial charge in [-0.05, 0) is 32.7 Å². The highest BCUT2D eigenvalue weighted by atomic mass is 16.1. The Balaban J connectivity index is 2.16. The Kier molecular flexibility index (Phi) is 2.65. The molecule has 2 fully saturated rings. The van der Waals surface area contributed by atoms with Crippen LogP contribution in [0.1, 0.15) is 45.4 Å². The molecule has 1 saturated heterocycles. The molecule has 0 N–H and O–H groups in total. The molecule has 1 saturated carbocycles. The standard InChI is InChI=1S/C12H21NO/c1-12(10-6-4-3-5-7-10)11(14)8-9-13(12)2/h10H,3-9H2,1-2H3. The molecule has 0 radical (unpaired) electrons. The van der Waals surface area contributed by atoms with Crippen LogP contribution < -0.4 is 0 Å². The summed E-state index contributed by atoms with van der Waals surface area (Å²) in [5, 5.41) is 0. The van der Waals surface area contributed by atoms with E-state index in [2.05, 4.69) is 18.9 Å². The molecular formula is C12H21NO. The van der Waals surface area contributed by atoms with Crippen LogP contribution in [0.25, 0.3) is 0 Å². The first-order valence-electron chi connectivity index (χ1n) is 5.90. The predicted molar refractivity (Wildman–Crippen MR) is 57.2 cm³/mol. The maximum Gasteiger partial charge on any atom is 0.154 e. The van der Waals surface area contributed by atoms with Gasteiger partial charge >= 0.3 is 0 Å². The number of nitrogens with zero attached hydrogens (tertiary/aromatic N) is 1.